The molecule has 0 aliphatic carbocycles. The van der Waals surface area contributed by atoms with Gasteiger partial charge in [-0.3, -0.25) is 4.79 Å². The summed E-state index contributed by atoms with van der Waals surface area (Å²) in [5.74, 6) is 3.61. The maximum Gasteiger partial charge on any atom is 0.258 e. The lowest BCUT2D eigenvalue weighted by Gasteiger charge is -2.08. The van der Waals surface area contributed by atoms with Crippen LogP contribution in [0.3, 0.4) is 0 Å². The number of hydrogen-bond donors (Lipinski definition) is 3. The van der Waals surface area contributed by atoms with Gasteiger partial charge in [0, 0.05) is 16.8 Å². The van der Waals surface area contributed by atoms with Gasteiger partial charge in [-0.25, -0.2) is 15.2 Å². The molecule has 0 saturated carbocycles. The van der Waals surface area contributed by atoms with Crippen LogP contribution in [0.4, 0.5) is 15.9 Å². The summed E-state index contributed by atoms with van der Waals surface area (Å²) in [5.41, 5.74) is 2.57. The third-order valence-corrected chi connectivity index (χ3v) is 3.36. The van der Waals surface area contributed by atoms with Crippen molar-refractivity contribution in [2.75, 3.05) is 17.0 Å². The van der Waals surface area contributed by atoms with Crippen molar-refractivity contribution in [2.45, 2.75) is 4.90 Å². The number of nitrogens with one attached hydrogen (secondary N) is 2. The Bertz CT molecular complexity index is 618. The Hall–Kier alpha value is -2.12. The van der Waals surface area contributed by atoms with Gasteiger partial charge in [-0.05, 0) is 36.6 Å². The zero-order chi connectivity index (χ0) is 14.5. The van der Waals surface area contributed by atoms with Gasteiger partial charge in [0.2, 0.25) is 0 Å². The van der Waals surface area contributed by atoms with Crippen LogP contribution in [-0.4, -0.2) is 17.1 Å². The molecule has 7 heteroatoms. The van der Waals surface area contributed by atoms with Crippen molar-refractivity contribution in [3.05, 3.63) is 47.9 Å². The second-order valence-corrected chi connectivity index (χ2v) is 4.73. The first kappa shape index (κ1) is 14.3. The van der Waals surface area contributed by atoms with Crippen LogP contribution in [0.5, 0.6) is 0 Å². The van der Waals surface area contributed by atoms with E-state index in [1.807, 2.05) is 18.4 Å². The number of carbonyl (C=O) groups is 1. The van der Waals surface area contributed by atoms with Crippen LogP contribution in [0.15, 0.2) is 41.4 Å². The molecule has 0 aliphatic rings. The lowest BCUT2D eigenvalue weighted by Crippen LogP contribution is -2.17. The first-order valence-electron chi connectivity index (χ1n) is 5.72. The summed E-state index contributed by atoms with van der Waals surface area (Å²) >= 11 is 1.60. The maximum absolute atomic E-state index is 13.9. The number of amides is 1. The summed E-state index contributed by atoms with van der Waals surface area (Å²) < 4.78 is 13.9. The largest absolute Gasteiger partial charge is 0.322 e. The first-order valence-corrected chi connectivity index (χ1v) is 6.94. The SMILES string of the molecule is CSc1ccc(NC(=O)c2ccnc(NN)c2F)cc1. The van der Waals surface area contributed by atoms with Crippen LogP contribution in [0, 0.1) is 5.82 Å². The molecule has 104 valence electrons. The summed E-state index contributed by atoms with van der Waals surface area (Å²) in [5, 5.41) is 2.62. The molecule has 2 rings (SSSR count). The van der Waals surface area contributed by atoms with Crippen molar-refractivity contribution < 1.29 is 9.18 Å². The van der Waals surface area contributed by atoms with E-state index in [0.717, 1.165) is 4.90 Å². The topological polar surface area (TPSA) is 80.0 Å². The van der Waals surface area contributed by atoms with Crippen molar-refractivity contribution in [3.63, 3.8) is 0 Å². The molecular weight excluding hydrogens is 279 g/mol. The molecule has 0 saturated heterocycles. The molecule has 1 aromatic heterocycles. The number of benzene rings is 1. The third kappa shape index (κ3) is 3.06. The van der Waals surface area contributed by atoms with E-state index in [-0.39, 0.29) is 11.4 Å². The van der Waals surface area contributed by atoms with Gasteiger partial charge in [0.1, 0.15) is 0 Å². The predicted octanol–water partition coefficient (Wildman–Crippen LogP) is 2.48. The average molecular weight is 292 g/mol. The lowest BCUT2D eigenvalue weighted by molar-refractivity contribution is 0.102. The number of nitrogen functional groups attached to an aromatic ring is 1. The molecule has 0 unspecified atom stereocenters. The first-order chi connectivity index (χ1) is 9.65. The van der Waals surface area contributed by atoms with Gasteiger partial charge in [-0.2, -0.15) is 0 Å². The minimum Gasteiger partial charge on any atom is -0.322 e. The third-order valence-electron chi connectivity index (χ3n) is 2.62. The van der Waals surface area contributed by atoms with Crippen LogP contribution in [0.1, 0.15) is 10.4 Å². The normalized spacial score (nSPS) is 10.2. The summed E-state index contributed by atoms with van der Waals surface area (Å²) in [6.45, 7) is 0. The van der Waals surface area contributed by atoms with E-state index >= 15 is 0 Å². The van der Waals surface area contributed by atoms with Crippen molar-refractivity contribution in [1.82, 2.24) is 4.98 Å². The number of carbonyl (C=O) groups excluding carboxylic acids is 1. The van der Waals surface area contributed by atoms with Crippen molar-refractivity contribution >= 4 is 29.2 Å². The van der Waals surface area contributed by atoms with Crippen LogP contribution < -0.4 is 16.6 Å². The number of anilines is 2. The van der Waals surface area contributed by atoms with E-state index in [9.17, 15) is 9.18 Å². The summed E-state index contributed by atoms with van der Waals surface area (Å²) in [6.07, 6.45) is 3.27. The quantitative estimate of drug-likeness (QED) is 0.458. The van der Waals surface area contributed by atoms with Gasteiger partial charge in [0.25, 0.3) is 5.91 Å². The van der Waals surface area contributed by atoms with Crippen LogP contribution >= 0.6 is 11.8 Å². The molecule has 5 nitrogen and oxygen atoms in total. The average Bonchev–Trinajstić information content (AvgIpc) is 2.48. The number of pyridine rings is 1. The number of hydrogen-bond acceptors (Lipinski definition) is 5. The Kier molecular flexibility index (Phi) is 4.54. The van der Waals surface area contributed by atoms with E-state index in [1.54, 1.807) is 23.9 Å². The fraction of sp³-hybridized carbons (Fsp3) is 0.0769. The molecule has 1 amide bonds. The number of hydrazine groups is 1. The van der Waals surface area contributed by atoms with Gasteiger partial charge in [0.05, 0.1) is 5.56 Å². The second-order valence-electron chi connectivity index (χ2n) is 3.85. The highest BCUT2D eigenvalue weighted by Gasteiger charge is 2.15. The fourth-order valence-electron chi connectivity index (χ4n) is 1.59. The Labute approximate surface area is 119 Å². The molecule has 1 aromatic carbocycles. The smallest absolute Gasteiger partial charge is 0.258 e. The second kappa shape index (κ2) is 6.36. The number of halogens is 1. The number of nitrogens with zero attached hydrogens (tertiary/aromatic N) is 1. The number of aromatic nitrogens is 1. The molecule has 2 aromatic rings. The molecular formula is C13H13FN4OS. The highest BCUT2D eigenvalue weighted by atomic mass is 32.2. The standard InChI is InChI=1S/C13H13FN4OS/c1-20-9-4-2-8(3-5-9)17-13(19)10-6-7-16-12(18-15)11(10)14/h2-7H,15H2,1H3,(H,16,18)(H,17,19). The molecule has 0 radical (unpaired) electrons. The van der Waals surface area contributed by atoms with Crippen molar-refractivity contribution in [3.8, 4) is 0 Å². The zero-order valence-electron chi connectivity index (χ0n) is 10.7. The zero-order valence-corrected chi connectivity index (χ0v) is 11.5. The minimum atomic E-state index is -0.784. The van der Waals surface area contributed by atoms with Crippen molar-refractivity contribution in [1.29, 1.82) is 0 Å². The lowest BCUT2D eigenvalue weighted by atomic mass is 10.2. The van der Waals surface area contributed by atoms with Gasteiger partial charge in [-0.1, -0.05) is 0 Å². The summed E-state index contributed by atoms with van der Waals surface area (Å²) in [4.78, 5) is 16.8. The van der Waals surface area contributed by atoms with Gasteiger partial charge < -0.3 is 10.7 Å². The molecule has 1 heterocycles. The van der Waals surface area contributed by atoms with E-state index in [2.05, 4.69) is 15.7 Å². The number of nitrogens with two attached hydrogens (primary N) is 1. The molecule has 0 bridgehead atoms. The van der Waals surface area contributed by atoms with Gasteiger partial charge in [-0.15, -0.1) is 11.8 Å². The Morgan fingerprint density at radius 2 is 2.00 bits per heavy atom. The van der Waals surface area contributed by atoms with Gasteiger partial charge >= 0.3 is 0 Å². The van der Waals surface area contributed by atoms with E-state index in [1.165, 1.54) is 12.3 Å². The summed E-state index contributed by atoms with van der Waals surface area (Å²) in [6, 6.07) is 8.55. The Balaban J connectivity index is 2.19. The number of rotatable bonds is 4. The monoisotopic (exact) mass is 292 g/mol. The fourth-order valence-corrected chi connectivity index (χ4v) is 2.00. The van der Waals surface area contributed by atoms with E-state index in [0.29, 0.717) is 5.69 Å². The molecule has 0 spiro atoms. The summed E-state index contributed by atoms with van der Waals surface area (Å²) in [7, 11) is 0. The molecule has 0 aliphatic heterocycles. The van der Waals surface area contributed by atoms with Crippen LogP contribution in [-0.2, 0) is 0 Å². The number of thioether (sulfide) groups is 1. The van der Waals surface area contributed by atoms with Crippen LogP contribution in [0.2, 0.25) is 0 Å². The van der Waals surface area contributed by atoms with E-state index < -0.39 is 11.7 Å². The van der Waals surface area contributed by atoms with Crippen molar-refractivity contribution in [2.24, 2.45) is 5.84 Å². The molecule has 0 atom stereocenters. The maximum atomic E-state index is 13.9. The Morgan fingerprint density at radius 3 is 2.60 bits per heavy atom. The Morgan fingerprint density at radius 1 is 1.30 bits per heavy atom. The molecule has 20 heavy (non-hydrogen) atoms. The minimum absolute atomic E-state index is 0.123. The highest BCUT2D eigenvalue weighted by Crippen LogP contribution is 2.19. The van der Waals surface area contributed by atoms with E-state index in [4.69, 9.17) is 5.84 Å². The highest BCUT2D eigenvalue weighted by molar-refractivity contribution is 7.98. The van der Waals surface area contributed by atoms with Crippen LogP contribution in [0.25, 0.3) is 0 Å². The van der Waals surface area contributed by atoms with Gasteiger partial charge in [0.15, 0.2) is 11.6 Å². The predicted molar refractivity (Wildman–Crippen MR) is 78.2 cm³/mol. The molecule has 0 fully saturated rings. The molecule has 4 N–H and O–H groups in total.